The second-order valence-corrected chi connectivity index (χ2v) is 6.09. The van der Waals surface area contributed by atoms with Crippen molar-refractivity contribution >= 4 is 17.8 Å². The van der Waals surface area contributed by atoms with E-state index in [1.54, 1.807) is 0 Å². The van der Waals surface area contributed by atoms with Crippen molar-refractivity contribution in [2.24, 2.45) is 0 Å². The van der Waals surface area contributed by atoms with E-state index in [2.05, 4.69) is 17.6 Å². The smallest absolute Gasteiger partial charge is 0.322 e. The standard InChI is InChI=1S/C19H28N2O4/c1-2-3-4-5-9-12-17(22)21-16(19(25)20-14-18(23)24)13-15-10-7-6-8-11-15/h6-8,10-11,16H,2-5,9,12-14H2,1H3,(H,20,25)(H,21,22)(H,23,24). The molecule has 6 heteroatoms. The fraction of sp³-hybridized carbons (Fsp3) is 0.526. The molecule has 0 aliphatic carbocycles. The molecule has 0 fully saturated rings. The summed E-state index contributed by atoms with van der Waals surface area (Å²) in [6.07, 6.45) is 5.91. The van der Waals surface area contributed by atoms with Gasteiger partial charge in [0.15, 0.2) is 0 Å². The van der Waals surface area contributed by atoms with Gasteiger partial charge in [-0.05, 0) is 12.0 Å². The summed E-state index contributed by atoms with van der Waals surface area (Å²) in [6.45, 7) is 1.67. The molecule has 1 unspecified atom stereocenters. The van der Waals surface area contributed by atoms with E-state index < -0.39 is 24.5 Å². The van der Waals surface area contributed by atoms with Gasteiger partial charge in [-0.3, -0.25) is 14.4 Å². The third-order valence-corrected chi connectivity index (χ3v) is 3.86. The van der Waals surface area contributed by atoms with Crippen LogP contribution in [-0.4, -0.2) is 35.5 Å². The highest BCUT2D eigenvalue weighted by molar-refractivity contribution is 5.89. The van der Waals surface area contributed by atoms with Gasteiger partial charge in [0.05, 0.1) is 0 Å². The zero-order valence-electron chi connectivity index (χ0n) is 14.8. The number of carbonyl (C=O) groups excluding carboxylic acids is 2. The van der Waals surface area contributed by atoms with Crippen molar-refractivity contribution in [2.75, 3.05) is 6.54 Å². The zero-order valence-corrected chi connectivity index (χ0v) is 14.8. The van der Waals surface area contributed by atoms with E-state index in [0.29, 0.717) is 12.8 Å². The van der Waals surface area contributed by atoms with E-state index in [4.69, 9.17) is 5.11 Å². The average molecular weight is 348 g/mol. The minimum atomic E-state index is -1.12. The number of hydrogen-bond acceptors (Lipinski definition) is 3. The lowest BCUT2D eigenvalue weighted by atomic mass is 10.0. The van der Waals surface area contributed by atoms with E-state index in [0.717, 1.165) is 37.7 Å². The molecule has 0 saturated heterocycles. The number of unbranched alkanes of at least 4 members (excludes halogenated alkanes) is 4. The zero-order chi connectivity index (χ0) is 18.5. The number of benzene rings is 1. The summed E-state index contributed by atoms with van der Waals surface area (Å²) >= 11 is 0. The number of amides is 2. The Kier molecular flexibility index (Phi) is 9.97. The molecule has 0 radical (unpaired) electrons. The third-order valence-electron chi connectivity index (χ3n) is 3.86. The van der Waals surface area contributed by atoms with E-state index in [-0.39, 0.29) is 5.91 Å². The Hall–Kier alpha value is -2.37. The SMILES string of the molecule is CCCCCCCC(=O)NC(Cc1ccccc1)C(=O)NCC(=O)O. The van der Waals surface area contributed by atoms with E-state index in [1.165, 1.54) is 0 Å². The summed E-state index contributed by atoms with van der Waals surface area (Å²) in [4.78, 5) is 35.0. The van der Waals surface area contributed by atoms with Gasteiger partial charge in [-0.25, -0.2) is 0 Å². The Morgan fingerprint density at radius 2 is 1.72 bits per heavy atom. The van der Waals surface area contributed by atoms with Gasteiger partial charge in [0.25, 0.3) is 0 Å². The molecule has 6 nitrogen and oxygen atoms in total. The van der Waals surface area contributed by atoms with E-state index in [1.807, 2.05) is 30.3 Å². The molecule has 0 aromatic heterocycles. The molecular formula is C19H28N2O4. The van der Waals surface area contributed by atoms with Crippen molar-refractivity contribution in [3.8, 4) is 0 Å². The monoisotopic (exact) mass is 348 g/mol. The highest BCUT2D eigenvalue weighted by atomic mass is 16.4. The maximum absolute atomic E-state index is 12.2. The van der Waals surface area contributed by atoms with Crippen LogP contribution in [-0.2, 0) is 20.8 Å². The number of carbonyl (C=O) groups is 3. The predicted molar refractivity (Wildman–Crippen MR) is 96.1 cm³/mol. The fourth-order valence-corrected chi connectivity index (χ4v) is 2.50. The summed E-state index contributed by atoms with van der Waals surface area (Å²) in [5.41, 5.74) is 0.904. The Balaban J connectivity index is 2.56. The number of rotatable bonds is 12. The van der Waals surface area contributed by atoms with Crippen LogP contribution in [0.3, 0.4) is 0 Å². The number of nitrogens with one attached hydrogen (secondary N) is 2. The lowest BCUT2D eigenvalue weighted by molar-refractivity contribution is -0.138. The van der Waals surface area contributed by atoms with Crippen molar-refractivity contribution in [1.82, 2.24) is 10.6 Å². The molecule has 0 spiro atoms. The lowest BCUT2D eigenvalue weighted by Crippen LogP contribution is -2.49. The van der Waals surface area contributed by atoms with Gasteiger partial charge in [-0.15, -0.1) is 0 Å². The van der Waals surface area contributed by atoms with E-state index in [9.17, 15) is 14.4 Å². The fourth-order valence-electron chi connectivity index (χ4n) is 2.50. The Morgan fingerprint density at radius 1 is 1.04 bits per heavy atom. The summed E-state index contributed by atoms with van der Waals surface area (Å²) in [7, 11) is 0. The topological polar surface area (TPSA) is 95.5 Å². The average Bonchev–Trinajstić information content (AvgIpc) is 2.59. The molecule has 138 valence electrons. The van der Waals surface area contributed by atoms with Crippen LogP contribution in [0.15, 0.2) is 30.3 Å². The van der Waals surface area contributed by atoms with Crippen LogP contribution < -0.4 is 10.6 Å². The largest absolute Gasteiger partial charge is 0.480 e. The van der Waals surface area contributed by atoms with Gasteiger partial charge in [0.2, 0.25) is 11.8 Å². The molecule has 1 aromatic rings. The van der Waals surface area contributed by atoms with Crippen LogP contribution in [0.1, 0.15) is 51.0 Å². The second-order valence-electron chi connectivity index (χ2n) is 6.09. The minimum absolute atomic E-state index is 0.178. The second kappa shape index (κ2) is 12.1. The first-order valence-corrected chi connectivity index (χ1v) is 8.85. The number of carboxylic acid groups (broad SMARTS) is 1. The summed E-state index contributed by atoms with van der Waals surface area (Å²) in [5, 5.41) is 13.8. The molecule has 3 N–H and O–H groups in total. The van der Waals surface area contributed by atoms with Crippen molar-refractivity contribution in [3.05, 3.63) is 35.9 Å². The first-order chi connectivity index (χ1) is 12.0. The van der Waals surface area contributed by atoms with Crippen LogP contribution >= 0.6 is 0 Å². The molecule has 1 atom stereocenters. The molecule has 0 saturated carbocycles. The van der Waals surface area contributed by atoms with Gasteiger partial charge in [-0.2, -0.15) is 0 Å². The van der Waals surface area contributed by atoms with Crippen LogP contribution in [0, 0.1) is 0 Å². The van der Waals surface area contributed by atoms with Crippen LogP contribution in [0.4, 0.5) is 0 Å². The quantitative estimate of drug-likeness (QED) is 0.505. The van der Waals surface area contributed by atoms with E-state index >= 15 is 0 Å². The molecule has 0 bridgehead atoms. The summed E-state index contributed by atoms with van der Waals surface area (Å²) in [5.74, 6) is -1.78. The van der Waals surface area contributed by atoms with Gasteiger partial charge in [0.1, 0.15) is 12.6 Å². The molecule has 0 aliphatic rings. The highest BCUT2D eigenvalue weighted by Gasteiger charge is 2.21. The minimum Gasteiger partial charge on any atom is -0.480 e. The first-order valence-electron chi connectivity index (χ1n) is 8.85. The molecule has 1 aromatic carbocycles. The number of aliphatic carboxylic acids is 1. The van der Waals surface area contributed by atoms with Gasteiger partial charge >= 0.3 is 5.97 Å². The van der Waals surface area contributed by atoms with Crippen LogP contribution in [0.2, 0.25) is 0 Å². The maximum Gasteiger partial charge on any atom is 0.322 e. The van der Waals surface area contributed by atoms with Crippen molar-refractivity contribution in [2.45, 2.75) is 57.9 Å². The predicted octanol–water partition coefficient (Wildman–Crippen LogP) is 2.28. The number of carboxylic acids is 1. The van der Waals surface area contributed by atoms with Gasteiger partial charge in [-0.1, -0.05) is 62.9 Å². The van der Waals surface area contributed by atoms with Crippen molar-refractivity contribution in [3.63, 3.8) is 0 Å². The molecule has 25 heavy (non-hydrogen) atoms. The normalized spacial score (nSPS) is 11.6. The maximum atomic E-state index is 12.2. The highest BCUT2D eigenvalue weighted by Crippen LogP contribution is 2.07. The molecular weight excluding hydrogens is 320 g/mol. The third kappa shape index (κ3) is 9.49. The Bertz CT molecular complexity index is 546. The number of hydrogen-bond donors (Lipinski definition) is 3. The van der Waals surface area contributed by atoms with Gasteiger partial charge in [0, 0.05) is 12.8 Å². The van der Waals surface area contributed by atoms with Gasteiger partial charge < -0.3 is 15.7 Å². The van der Waals surface area contributed by atoms with Crippen LogP contribution in [0.5, 0.6) is 0 Å². The van der Waals surface area contributed by atoms with Crippen LogP contribution in [0.25, 0.3) is 0 Å². The Morgan fingerprint density at radius 3 is 2.36 bits per heavy atom. The summed E-state index contributed by atoms with van der Waals surface area (Å²) in [6, 6.07) is 8.55. The first kappa shape index (κ1) is 20.7. The molecule has 2 amide bonds. The Labute approximate surface area is 149 Å². The summed E-state index contributed by atoms with van der Waals surface area (Å²) < 4.78 is 0. The molecule has 0 heterocycles. The van der Waals surface area contributed by atoms with Crippen molar-refractivity contribution < 1.29 is 19.5 Å². The molecule has 1 rings (SSSR count). The van der Waals surface area contributed by atoms with Crippen molar-refractivity contribution in [1.29, 1.82) is 0 Å². The lowest BCUT2D eigenvalue weighted by Gasteiger charge is -2.18. The molecule has 0 aliphatic heterocycles.